The van der Waals surface area contributed by atoms with E-state index < -0.39 is 0 Å². The highest BCUT2D eigenvalue weighted by atomic mass is 32.1. The van der Waals surface area contributed by atoms with Crippen LogP contribution >= 0.6 is 11.3 Å². The van der Waals surface area contributed by atoms with E-state index in [-0.39, 0.29) is 5.91 Å². The number of hydrogen-bond acceptors (Lipinski definition) is 4. The van der Waals surface area contributed by atoms with E-state index in [0.717, 1.165) is 45.1 Å². The predicted octanol–water partition coefficient (Wildman–Crippen LogP) is 7.33. The van der Waals surface area contributed by atoms with Crippen molar-refractivity contribution in [3.05, 3.63) is 89.0 Å². The van der Waals surface area contributed by atoms with Gasteiger partial charge in [-0.3, -0.25) is 9.69 Å². The van der Waals surface area contributed by atoms with Crippen LogP contribution in [-0.2, 0) is 6.54 Å². The summed E-state index contributed by atoms with van der Waals surface area (Å²) in [5, 5.41) is 0.719. The van der Waals surface area contributed by atoms with Gasteiger partial charge in [0.1, 0.15) is 5.75 Å². The van der Waals surface area contributed by atoms with Crippen molar-refractivity contribution < 1.29 is 9.53 Å². The van der Waals surface area contributed by atoms with Gasteiger partial charge in [0, 0.05) is 5.56 Å². The van der Waals surface area contributed by atoms with E-state index in [0.29, 0.717) is 18.7 Å². The Hall–Kier alpha value is -3.18. The van der Waals surface area contributed by atoms with Gasteiger partial charge >= 0.3 is 0 Å². The molecule has 0 spiro atoms. The molecule has 0 aliphatic carbocycles. The van der Waals surface area contributed by atoms with Crippen LogP contribution in [0.5, 0.6) is 5.75 Å². The number of amides is 1. The molecule has 0 aliphatic rings. The Morgan fingerprint density at radius 2 is 1.67 bits per heavy atom. The number of benzene rings is 3. The summed E-state index contributed by atoms with van der Waals surface area (Å²) in [6.45, 7) is 7.49. The Kier molecular flexibility index (Phi) is 7.40. The second-order valence-corrected chi connectivity index (χ2v) is 9.31. The number of anilines is 1. The number of unbranched alkanes of at least 4 members (excludes halogenated alkanes) is 2. The Labute approximate surface area is 199 Å². The van der Waals surface area contributed by atoms with Crippen LogP contribution in [-0.4, -0.2) is 17.5 Å². The highest BCUT2D eigenvalue weighted by Gasteiger charge is 2.22. The molecule has 4 nitrogen and oxygen atoms in total. The van der Waals surface area contributed by atoms with Crippen molar-refractivity contribution in [2.75, 3.05) is 11.5 Å². The molecule has 5 heteroatoms. The molecule has 0 N–H and O–H groups in total. The Balaban J connectivity index is 1.63. The first-order chi connectivity index (χ1) is 16.1. The fourth-order valence-corrected chi connectivity index (χ4v) is 4.86. The largest absolute Gasteiger partial charge is 0.494 e. The summed E-state index contributed by atoms with van der Waals surface area (Å²) in [4.78, 5) is 20.3. The zero-order chi connectivity index (χ0) is 23.2. The third-order valence-electron chi connectivity index (χ3n) is 5.71. The number of rotatable bonds is 9. The van der Waals surface area contributed by atoms with Gasteiger partial charge in [0.25, 0.3) is 5.91 Å². The van der Waals surface area contributed by atoms with Crippen LogP contribution in [0.2, 0.25) is 0 Å². The topological polar surface area (TPSA) is 42.4 Å². The molecule has 0 bridgehead atoms. The van der Waals surface area contributed by atoms with E-state index in [9.17, 15) is 4.79 Å². The minimum absolute atomic E-state index is 0.0641. The molecule has 170 valence electrons. The maximum atomic E-state index is 13.7. The maximum Gasteiger partial charge on any atom is 0.260 e. The first kappa shape index (κ1) is 23.0. The first-order valence-electron chi connectivity index (χ1n) is 11.5. The molecule has 0 saturated carbocycles. The standard InChI is InChI=1S/C28H30N2O2S/c1-4-5-9-18-32-24-16-14-23(15-17-24)27(31)30(19-22-10-7-6-8-11-22)28-29-25-20(2)12-13-21(3)26(25)33-28/h6-8,10-17H,4-5,9,18-19H2,1-3H3. The summed E-state index contributed by atoms with van der Waals surface area (Å²) in [5.74, 6) is 0.731. The third kappa shape index (κ3) is 5.42. The van der Waals surface area contributed by atoms with Gasteiger partial charge in [-0.2, -0.15) is 0 Å². The number of carbonyl (C=O) groups excluding carboxylic acids is 1. The van der Waals surface area contributed by atoms with Gasteiger partial charge in [0.05, 0.1) is 23.4 Å². The summed E-state index contributed by atoms with van der Waals surface area (Å²) >= 11 is 1.58. The van der Waals surface area contributed by atoms with Crippen molar-refractivity contribution in [2.24, 2.45) is 0 Å². The number of hydrogen-bond donors (Lipinski definition) is 0. The molecule has 33 heavy (non-hydrogen) atoms. The van der Waals surface area contributed by atoms with Crippen LogP contribution in [0, 0.1) is 13.8 Å². The van der Waals surface area contributed by atoms with Crippen molar-refractivity contribution >= 4 is 32.6 Å². The van der Waals surface area contributed by atoms with Crippen LogP contribution in [0.15, 0.2) is 66.7 Å². The summed E-state index contributed by atoms with van der Waals surface area (Å²) in [7, 11) is 0. The van der Waals surface area contributed by atoms with Gasteiger partial charge in [0.2, 0.25) is 0 Å². The predicted molar refractivity (Wildman–Crippen MR) is 138 cm³/mol. The molecule has 4 aromatic rings. The number of ether oxygens (including phenoxy) is 1. The Bertz CT molecular complexity index is 1180. The van der Waals surface area contributed by atoms with Crippen molar-refractivity contribution in [1.82, 2.24) is 4.98 Å². The number of nitrogens with zero attached hydrogens (tertiary/aromatic N) is 2. The van der Waals surface area contributed by atoms with E-state index in [2.05, 4.69) is 32.9 Å². The molecular formula is C28H30N2O2S. The average Bonchev–Trinajstić information content (AvgIpc) is 3.30. The molecule has 1 heterocycles. The Morgan fingerprint density at radius 1 is 0.939 bits per heavy atom. The molecule has 4 rings (SSSR count). The number of carbonyl (C=O) groups is 1. The van der Waals surface area contributed by atoms with Crippen molar-refractivity contribution in [1.29, 1.82) is 0 Å². The van der Waals surface area contributed by atoms with Crippen LogP contribution in [0.3, 0.4) is 0 Å². The molecule has 0 aliphatic heterocycles. The summed E-state index contributed by atoms with van der Waals surface area (Å²) < 4.78 is 6.95. The van der Waals surface area contributed by atoms with Gasteiger partial charge in [0.15, 0.2) is 5.13 Å². The molecule has 0 saturated heterocycles. The fraction of sp³-hybridized carbons (Fsp3) is 0.286. The van der Waals surface area contributed by atoms with Crippen LogP contribution in [0.1, 0.15) is 53.2 Å². The van der Waals surface area contributed by atoms with Crippen molar-refractivity contribution in [3.8, 4) is 5.75 Å². The van der Waals surface area contributed by atoms with E-state index >= 15 is 0 Å². The lowest BCUT2D eigenvalue weighted by Crippen LogP contribution is -2.30. The van der Waals surface area contributed by atoms with Crippen LogP contribution < -0.4 is 9.64 Å². The lowest BCUT2D eigenvalue weighted by Gasteiger charge is -2.20. The zero-order valence-corrected chi connectivity index (χ0v) is 20.3. The SMILES string of the molecule is CCCCCOc1ccc(C(=O)N(Cc2ccccc2)c2nc3c(C)ccc(C)c3s2)cc1. The smallest absolute Gasteiger partial charge is 0.260 e. The van der Waals surface area contributed by atoms with Gasteiger partial charge in [-0.15, -0.1) is 0 Å². The van der Waals surface area contributed by atoms with Crippen molar-refractivity contribution in [3.63, 3.8) is 0 Å². The molecule has 0 radical (unpaired) electrons. The second kappa shape index (κ2) is 10.6. The zero-order valence-electron chi connectivity index (χ0n) is 19.5. The van der Waals surface area contributed by atoms with E-state index in [1.807, 2.05) is 54.6 Å². The number of aromatic nitrogens is 1. The fourth-order valence-electron chi connectivity index (χ4n) is 3.75. The molecule has 0 atom stereocenters. The summed E-state index contributed by atoms with van der Waals surface area (Å²) in [5.41, 5.74) is 4.96. The lowest BCUT2D eigenvalue weighted by atomic mass is 10.1. The van der Waals surface area contributed by atoms with E-state index in [4.69, 9.17) is 9.72 Å². The third-order valence-corrected chi connectivity index (χ3v) is 6.92. The van der Waals surface area contributed by atoms with Gasteiger partial charge < -0.3 is 4.74 Å². The van der Waals surface area contributed by atoms with Crippen LogP contribution in [0.4, 0.5) is 5.13 Å². The monoisotopic (exact) mass is 458 g/mol. The van der Waals surface area contributed by atoms with Crippen molar-refractivity contribution in [2.45, 2.75) is 46.6 Å². The molecule has 3 aromatic carbocycles. The Morgan fingerprint density at radius 3 is 2.36 bits per heavy atom. The molecule has 1 aromatic heterocycles. The minimum atomic E-state index is -0.0641. The summed E-state index contributed by atoms with van der Waals surface area (Å²) in [6, 6.07) is 21.7. The molecule has 0 unspecified atom stereocenters. The van der Waals surface area contributed by atoms with Gasteiger partial charge in [-0.05, 0) is 61.2 Å². The first-order valence-corrected chi connectivity index (χ1v) is 12.3. The molecule has 1 amide bonds. The number of fused-ring (bicyclic) bond motifs is 1. The van der Waals surface area contributed by atoms with Gasteiger partial charge in [-0.25, -0.2) is 4.98 Å². The van der Waals surface area contributed by atoms with Crippen LogP contribution in [0.25, 0.3) is 10.2 Å². The second-order valence-electron chi connectivity index (χ2n) is 8.33. The number of thiazole rings is 1. The summed E-state index contributed by atoms with van der Waals surface area (Å²) in [6.07, 6.45) is 3.36. The molecular weight excluding hydrogens is 428 g/mol. The normalized spacial score (nSPS) is 11.0. The van der Waals surface area contributed by atoms with E-state index in [1.165, 1.54) is 12.0 Å². The quantitative estimate of drug-likeness (QED) is 0.247. The lowest BCUT2D eigenvalue weighted by molar-refractivity contribution is 0.0985. The highest BCUT2D eigenvalue weighted by Crippen LogP contribution is 2.34. The van der Waals surface area contributed by atoms with Gasteiger partial charge in [-0.1, -0.05) is 73.6 Å². The maximum absolute atomic E-state index is 13.7. The molecule has 0 fully saturated rings. The number of aryl methyl sites for hydroxylation is 2. The average molecular weight is 459 g/mol. The van der Waals surface area contributed by atoms with E-state index in [1.54, 1.807) is 16.2 Å². The minimum Gasteiger partial charge on any atom is -0.494 e. The highest BCUT2D eigenvalue weighted by molar-refractivity contribution is 7.22.